The molecule has 2 fully saturated rings. The standard InChI is InChI=1S/C14H18F2N4O5/c15-14(16)10(22)8(6-21)25-12(14)20-5-3-9(19-13(20)24)18-11(23)7-2-1-4-17-7/h3,5,7-8,10,12,17,21-22H,1-2,4,6H2,(H,18,19,23,24)/t7-,8+,10+,12+/m0/s1. The van der Waals surface area contributed by atoms with Crippen molar-refractivity contribution in [3.05, 3.63) is 22.7 Å². The fraction of sp³-hybridized carbons (Fsp3) is 0.643. The topological polar surface area (TPSA) is 126 Å². The van der Waals surface area contributed by atoms with E-state index >= 15 is 0 Å². The molecule has 2 saturated heterocycles. The Hall–Kier alpha value is -1.95. The number of nitrogens with one attached hydrogen (secondary N) is 2. The molecular formula is C14H18F2N4O5. The molecule has 1 aromatic heterocycles. The molecule has 0 aromatic carbocycles. The lowest BCUT2D eigenvalue weighted by atomic mass is 10.1. The minimum absolute atomic E-state index is 0.0690. The van der Waals surface area contributed by atoms with E-state index < -0.39 is 36.7 Å². The summed E-state index contributed by atoms with van der Waals surface area (Å²) in [4.78, 5) is 27.6. The molecule has 25 heavy (non-hydrogen) atoms. The molecule has 2 aliphatic rings. The van der Waals surface area contributed by atoms with Gasteiger partial charge in [-0.05, 0) is 25.5 Å². The van der Waals surface area contributed by atoms with Crippen LogP contribution >= 0.6 is 0 Å². The van der Waals surface area contributed by atoms with Crippen molar-refractivity contribution < 1.29 is 28.5 Å². The summed E-state index contributed by atoms with van der Waals surface area (Å²) in [6.07, 6.45) is -3.35. The van der Waals surface area contributed by atoms with Crippen LogP contribution in [0.15, 0.2) is 17.1 Å². The first kappa shape index (κ1) is 17.9. The lowest BCUT2D eigenvalue weighted by Gasteiger charge is -2.21. The van der Waals surface area contributed by atoms with Crippen molar-refractivity contribution in [3.8, 4) is 0 Å². The highest BCUT2D eigenvalue weighted by Crippen LogP contribution is 2.41. The van der Waals surface area contributed by atoms with Gasteiger partial charge in [-0.25, -0.2) is 4.79 Å². The Balaban J connectivity index is 1.78. The van der Waals surface area contributed by atoms with Gasteiger partial charge in [0.25, 0.3) is 0 Å². The second-order valence-corrected chi connectivity index (χ2v) is 5.97. The third-order valence-corrected chi connectivity index (χ3v) is 4.27. The van der Waals surface area contributed by atoms with Crippen molar-refractivity contribution in [2.24, 2.45) is 0 Å². The molecular weight excluding hydrogens is 342 g/mol. The highest BCUT2D eigenvalue weighted by Gasteiger charge is 2.59. The van der Waals surface area contributed by atoms with Gasteiger partial charge >= 0.3 is 11.6 Å². The third-order valence-electron chi connectivity index (χ3n) is 4.27. The van der Waals surface area contributed by atoms with Gasteiger partial charge in [-0.15, -0.1) is 0 Å². The van der Waals surface area contributed by atoms with Gasteiger partial charge in [0.1, 0.15) is 11.9 Å². The average Bonchev–Trinajstić information content (AvgIpc) is 3.17. The molecule has 0 aliphatic carbocycles. The smallest absolute Gasteiger partial charge is 0.351 e. The van der Waals surface area contributed by atoms with Crippen molar-refractivity contribution in [1.82, 2.24) is 14.9 Å². The van der Waals surface area contributed by atoms with Gasteiger partial charge in [-0.1, -0.05) is 0 Å². The van der Waals surface area contributed by atoms with E-state index in [9.17, 15) is 23.5 Å². The van der Waals surface area contributed by atoms with Gasteiger partial charge in [-0.3, -0.25) is 9.36 Å². The summed E-state index contributed by atoms with van der Waals surface area (Å²) in [5.74, 6) is -4.21. The van der Waals surface area contributed by atoms with E-state index in [0.717, 1.165) is 19.2 Å². The lowest BCUT2D eigenvalue weighted by molar-refractivity contribution is -0.141. The SMILES string of the molecule is O=C(Nc1ccn([C@@H]2O[C@H](CO)[C@@H](O)C2(F)F)c(=O)n1)[C@@H]1CCCN1. The average molecular weight is 360 g/mol. The van der Waals surface area contributed by atoms with Gasteiger partial charge in [0.05, 0.1) is 12.6 Å². The van der Waals surface area contributed by atoms with Crippen molar-refractivity contribution >= 4 is 11.7 Å². The van der Waals surface area contributed by atoms with Crippen LogP contribution in [-0.2, 0) is 9.53 Å². The van der Waals surface area contributed by atoms with E-state index in [0.29, 0.717) is 11.0 Å². The van der Waals surface area contributed by atoms with Gasteiger partial charge < -0.3 is 25.6 Å². The maximum absolute atomic E-state index is 14.1. The molecule has 11 heteroatoms. The summed E-state index contributed by atoms with van der Waals surface area (Å²) in [7, 11) is 0. The first-order valence-corrected chi connectivity index (χ1v) is 7.80. The molecule has 0 unspecified atom stereocenters. The first-order chi connectivity index (χ1) is 11.8. The van der Waals surface area contributed by atoms with E-state index in [2.05, 4.69) is 15.6 Å². The highest BCUT2D eigenvalue weighted by molar-refractivity contribution is 5.94. The minimum Gasteiger partial charge on any atom is -0.394 e. The Bertz CT molecular complexity index is 707. The van der Waals surface area contributed by atoms with E-state index in [-0.39, 0.29) is 17.8 Å². The zero-order valence-electron chi connectivity index (χ0n) is 13.1. The number of carbonyl (C=O) groups excluding carboxylic acids is 1. The normalized spacial score (nSPS) is 31.2. The Morgan fingerprint density at radius 2 is 2.32 bits per heavy atom. The minimum atomic E-state index is -3.78. The van der Waals surface area contributed by atoms with Crippen LogP contribution in [0.25, 0.3) is 0 Å². The molecule has 4 atom stereocenters. The van der Waals surface area contributed by atoms with Gasteiger partial charge in [-0.2, -0.15) is 13.8 Å². The van der Waals surface area contributed by atoms with Crippen molar-refractivity contribution in [3.63, 3.8) is 0 Å². The van der Waals surface area contributed by atoms with Crippen molar-refractivity contribution in [1.29, 1.82) is 0 Å². The Morgan fingerprint density at radius 1 is 1.56 bits per heavy atom. The molecule has 138 valence electrons. The summed E-state index contributed by atoms with van der Waals surface area (Å²) >= 11 is 0. The lowest BCUT2D eigenvalue weighted by Crippen LogP contribution is -2.42. The molecule has 3 heterocycles. The second kappa shape index (κ2) is 6.75. The molecule has 9 nitrogen and oxygen atoms in total. The molecule has 0 saturated carbocycles. The molecule has 0 radical (unpaired) electrons. The monoisotopic (exact) mass is 360 g/mol. The maximum Gasteiger partial charge on any atom is 0.351 e. The number of ether oxygens (including phenoxy) is 1. The van der Waals surface area contributed by atoms with Gasteiger partial charge in [0.2, 0.25) is 12.1 Å². The van der Waals surface area contributed by atoms with Gasteiger partial charge in [0, 0.05) is 6.20 Å². The van der Waals surface area contributed by atoms with Crippen LogP contribution in [0.1, 0.15) is 19.1 Å². The van der Waals surface area contributed by atoms with Crippen LogP contribution in [0, 0.1) is 0 Å². The van der Waals surface area contributed by atoms with Crippen LogP contribution in [-0.4, -0.2) is 63.0 Å². The number of aliphatic hydroxyl groups is 2. The zero-order valence-corrected chi connectivity index (χ0v) is 13.1. The third kappa shape index (κ3) is 3.27. The first-order valence-electron chi connectivity index (χ1n) is 7.80. The summed E-state index contributed by atoms with van der Waals surface area (Å²) in [5.41, 5.74) is -1.08. The van der Waals surface area contributed by atoms with Crippen LogP contribution < -0.4 is 16.3 Å². The summed E-state index contributed by atoms with van der Waals surface area (Å²) in [6.45, 7) is -0.104. The van der Waals surface area contributed by atoms with E-state index in [1.165, 1.54) is 6.07 Å². The predicted molar refractivity (Wildman–Crippen MR) is 80.1 cm³/mol. The summed E-state index contributed by atoms with van der Waals surface area (Å²) in [5, 5.41) is 23.9. The summed E-state index contributed by atoms with van der Waals surface area (Å²) < 4.78 is 33.5. The van der Waals surface area contributed by atoms with Gasteiger partial charge in [0.15, 0.2) is 6.10 Å². The Labute approximate surface area is 140 Å². The molecule has 1 amide bonds. The number of alkyl halides is 2. The Morgan fingerprint density at radius 3 is 2.88 bits per heavy atom. The number of halogens is 2. The molecule has 0 bridgehead atoms. The fourth-order valence-corrected chi connectivity index (χ4v) is 2.90. The van der Waals surface area contributed by atoms with E-state index in [1.54, 1.807) is 0 Å². The summed E-state index contributed by atoms with van der Waals surface area (Å²) in [6, 6.07) is 0.805. The van der Waals surface area contributed by atoms with Crippen molar-refractivity contribution in [2.45, 2.75) is 43.2 Å². The zero-order chi connectivity index (χ0) is 18.2. The quantitative estimate of drug-likeness (QED) is 0.532. The highest BCUT2D eigenvalue weighted by atomic mass is 19.3. The molecule has 4 N–H and O–H groups in total. The van der Waals surface area contributed by atoms with Crippen LogP contribution in [0.3, 0.4) is 0 Å². The number of aromatic nitrogens is 2. The molecule has 2 aliphatic heterocycles. The fourth-order valence-electron chi connectivity index (χ4n) is 2.90. The van der Waals surface area contributed by atoms with Crippen LogP contribution in [0.2, 0.25) is 0 Å². The van der Waals surface area contributed by atoms with E-state index in [4.69, 9.17) is 9.84 Å². The number of nitrogens with zero attached hydrogens (tertiary/aromatic N) is 2. The number of anilines is 1. The van der Waals surface area contributed by atoms with E-state index in [1.807, 2.05) is 0 Å². The number of hydrogen-bond donors (Lipinski definition) is 4. The largest absolute Gasteiger partial charge is 0.394 e. The number of rotatable bonds is 4. The number of amides is 1. The number of aliphatic hydroxyl groups excluding tert-OH is 2. The molecule has 0 spiro atoms. The molecule has 3 rings (SSSR count). The van der Waals surface area contributed by atoms with Crippen molar-refractivity contribution in [2.75, 3.05) is 18.5 Å². The maximum atomic E-state index is 14.1. The van der Waals surface area contributed by atoms with Crippen LogP contribution in [0.5, 0.6) is 0 Å². The predicted octanol–water partition coefficient (Wildman–Crippen LogP) is -1.18. The second-order valence-electron chi connectivity index (χ2n) is 5.97. The number of carbonyl (C=O) groups is 1. The molecule has 1 aromatic rings. The number of hydrogen-bond acceptors (Lipinski definition) is 7. The van der Waals surface area contributed by atoms with Crippen LogP contribution in [0.4, 0.5) is 14.6 Å². The Kier molecular flexibility index (Phi) is 4.82.